The summed E-state index contributed by atoms with van der Waals surface area (Å²) in [6.45, 7) is 2.54. The fourth-order valence-corrected chi connectivity index (χ4v) is 4.90. The highest BCUT2D eigenvalue weighted by Gasteiger charge is 2.40. The van der Waals surface area contributed by atoms with Crippen molar-refractivity contribution in [3.05, 3.63) is 29.8 Å². The second kappa shape index (κ2) is 9.23. The average molecular weight is 415 g/mol. The Morgan fingerprint density at radius 3 is 2.41 bits per heavy atom. The van der Waals surface area contributed by atoms with Crippen LogP contribution in [0.25, 0.3) is 0 Å². The molecule has 0 unspecified atom stereocenters. The second-order valence-electron chi connectivity index (χ2n) is 8.83. The molecule has 164 valence electrons. The molecular formula is C22H33F3N2O2. The number of ether oxygens (including phenoxy) is 1. The third-order valence-corrected chi connectivity index (χ3v) is 6.59. The standard InChI is InChI=1S/C22H33F3N2O2/c1-26(2)18-9-13-27(14-10-18)16-20(21(28)11-4-3-5-12-21)17-7-6-8-19(15-17)29-22(23,24)25/h6-8,15,18,20,28H,3-5,9-14,16H2,1-2H3/t20-/m1/s1. The van der Waals surface area contributed by atoms with E-state index in [1.165, 1.54) is 12.1 Å². The number of rotatable bonds is 6. The summed E-state index contributed by atoms with van der Waals surface area (Å²) >= 11 is 0. The van der Waals surface area contributed by atoms with Gasteiger partial charge in [-0.05, 0) is 70.6 Å². The molecule has 1 aromatic carbocycles. The van der Waals surface area contributed by atoms with Crippen LogP contribution in [0.4, 0.5) is 13.2 Å². The molecule has 2 fully saturated rings. The molecule has 29 heavy (non-hydrogen) atoms. The summed E-state index contributed by atoms with van der Waals surface area (Å²) < 4.78 is 42.2. The minimum absolute atomic E-state index is 0.217. The minimum atomic E-state index is -4.72. The number of likely N-dealkylation sites (tertiary alicyclic amines) is 1. The van der Waals surface area contributed by atoms with Gasteiger partial charge < -0.3 is 19.6 Å². The molecule has 1 aliphatic heterocycles. The first-order chi connectivity index (χ1) is 13.7. The highest BCUT2D eigenvalue weighted by molar-refractivity contribution is 5.33. The zero-order valence-corrected chi connectivity index (χ0v) is 17.4. The van der Waals surface area contributed by atoms with Gasteiger partial charge in [-0.25, -0.2) is 0 Å². The third-order valence-electron chi connectivity index (χ3n) is 6.59. The van der Waals surface area contributed by atoms with Crippen LogP contribution in [0.1, 0.15) is 56.4 Å². The molecule has 1 aromatic rings. The quantitative estimate of drug-likeness (QED) is 0.749. The molecular weight excluding hydrogens is 381 g/mol. The highest BCUT2D eigenvalue weighted by Crippen LogP contribution is 2.41. The Labute approximate surface area is 171 Å². The lowest BCUT2D eigenvalue weighted by Gasteiger charge is -2.43. The van der Waals surface area contributed by atoms with Crippen molar-refractivity contribution in [3.8, 4) is 5.75 Å². The van der Waals surface area contributed by atoms with Gasteiger partial charge in [-0.1, -0.05) is 31.4 Å². The van der Waals surface area contributed by atoms with E-state index in [0.717, 1.165) is 50.8 Å². The number of alkyl halides is 3. The summed E-state index contributed by atoms with van der Waals surface area (Å²) in [5.41, 5.74) is -0.154. The Morgan fingerprint density at radius 1 is 1.17 bits per heavy atom. The fraction of sp³-hybridized carbons (Fsp3) is 0.727. The van der Waals surface area contributed by atoms with Gasteiger partial charge in [-0.15, -0.1) is 13.2 Å². The molecule has 0 bridgehead atoms. The summed E-state index contributed by atoms with van der Waals surface area (Å²) in [5.74, 6) is -0.443. The molecule has 1 atom stereocenters. The van der Waals surface area contributed by atoms with Crippen LogP contribution < -0.4 is 4.74 Å². The summed E-state index contributed by atoms with van der Waals surface area (Å²) in [4.78, 5) is 4.61. The maximum absolute atomic E-state index is 12.7. The molecule has 4 nitrogen and oxygen atoms in total. The molecule has 1 saturated heterocycles. The number of aliphatic hydroxyl groups is 1. The molecule has 0 amide bonds. The number of benzene rings is 1. The van der Waals surface area contributed by atoms with Gasteiger partial charge in [0.2, 0.25) is 0 Å². The molecule has 0 radical (unpaired) electrons. The zero-order valence-electron chi connectivity index (χ0n) is 17.4. The van der Waals surface area contributed by atoms with Gasteiger partial charge in [0.1, 0.15) is 5.75 Å². The Kier molecular flexibility index (Phi) is 7.12. The van der Waals surface area contributed by atoms with Crippen molar-refractivity contribution in [2.24, 2.45) is 0 Å². The van der Waals surface area contributed by atoms with Gasteiger partial charge in [-0.3, -0.25) is 0 Å². The van der Waals surface area contributed by atoms with Crippen LogP contribution in [-0.4, -0.2) is 66.6 Å². The van der Waals surface area contributed by atoms with E-state index in [1.807, 2.05) is 6.07 Å². The van der Waals surface area contributed by atoms with Gasteiger partial charge in [0.05, 0.1) is 5.60 Å². The van der Waals surface area contributed by atoms with Gasteiger partial charge in [0.15, 0.2) is 0 Å². The van der Waals surface area contributed by atoms with Crippen molar-refractivity contribution in [1.82, 2.24) is 9.80 Å². The topological polar surface area (TPSA) is 35.9 Å². The Morgan fingerprint density at radius 2 is 1.83 bits per heavy atom. The average Bonchev–Trinajstić information content (AvgIpc) is 2.66. The van der Waals surface area contributed by atoms with Crippen molar-refractivity contribution in [1.29, 1.82) is 0 Å². The van der Waals surface area contributed by atoms with Crippen molar-refractivity contribution < 1.29 is 23.0 Å². The van der Waals surface area contributed by atoms with E-state index in [9.17, 15) is 18.3 Å². The molecule has 3 rings (SSSR count). The third kappa shape index (κ3) is 6.09. The molecule has 1 N–H and O–H groups in total. The van der Waals surface area contributed by atoms with Crippen LogP contribution >= 0.6 is 0 Å². The van der Waals surface area contributed by atoms with E-state index < -0.39 is 12.0 Å². The largest absolute Gasteiger partial charge is 0.573 e. The molecule has 2 aliphatic rings. The van der Waals surface area contributed by atoms with E-state index in [2.05, 4.69) is 28.6 Å². The lowest BCUT2D eigenvalue weighted by Crippen LogP contribution is -2.48. The van der Waals surface area contributed by atoms with Crippen LogP contribution in [0.3, 0.4) is 0 Å². The van der Waals surface area contributed by atoms with E-state index in [-0.39, 0.29) is 11.7 Å². The second-order valence-corrected chi connectivity index (χ2v) is 8.83. The highest BCUT2D eigenvalue weighted by atomic mass is 19.4. The van der Waals surface area contributed by atoms with E-state index in [0.29, 0.717) is 25.4 Å². The van der Waals surface area contributed by atoms with E-state index >= 15 is 0 Å². The number of hydrogen-bond donors (Lipinski definition) is 1. The van der Waals surface area contributed by atoms with Crippen molar-refractivity contribution in [2.75, 3.05) is 33.7 Å². The molecule has 1 aliphatic carbocycles. The van der Waals surface area contributed by atoms with Crippen LogP contribution in [0, 0.1) is 0 Å². The molecule has 0 aromatic heterocycles. The first kappa shape index (κ1) is 22.4. The lowest BCUT2D eigenvalue weighted by atomic mass is 9.72. The number of halogens is 3. The van der Waals surface area contributed by atoms with Crippen LogP contribution in [0.15, 0.2) is 24.3 Å². The van der Waals surface area contributed by atoms with Crippen LogP contribution in [0.5, 0.6) is 5.75 Å². The normalized spacial score (nSPS) is 22.6. The SMILES string of the molecule is CN(C)C1CCN(C[C@H](c2cccc(OC(F)(F)F)c2)C2(O)CCCCC2)CC1. The molecule has 1 heterocycles. The van der Waals surface area contributed by atoms with Crippen molar-refractivity contribution in [2.45, 2.75) is 68.9 Å². The maximum Gasteiger partial charge on any atom is 0.573 e. The summed E-state index contributed by atoms with van der Waals surface area (Å²) in [6.07, 6.45) is 1.80. The number of nitrogens with zero attached hydrogens (tertiary/aromatic N) is 2. The molecule has 0 spiro atoms. The summed E-state index contributed by atoms with van der Waals surface area (Å²) in [7, 11) is 4.19. The summed E-state index contributed by atoms with van der Waals surface area (Å²) in [6, 6.07) is 6.76. The minimum Gasteiger partial charge on any atom is -0.406 e. The van der Waals surface area contributed by atoms with Gasteiger partial charge in [0.25, 0.3) is 0 Å². The number of hydrogen-bond acceptors (Lipinski definition) is 4. The van der Waals surface area contributed by atoms with Crippen molar-refractivity contribution in [3.63, 3.8) is 0 Å². The first-order valence-electron chi connectivity index (χ1n) is 10.6. The van der Waals surface area contributed by atoms with Crippen LogP contribution in [0.2, 0.25) is 0 Å². The lowest BCUT2D eigenvalue weighted by molar-refractivity contribution is -0.274. The van der Waals surface area contributed by atoms with Gasteiger partial charge in [0, 0.05) is 18.5 Å². The first-order valence-corrected chi connectivity index (χ1v) is 10.6. The maximum atomic E-state index is 12.7. The van der Waals surface area contributed by atoms with Gasteiger partial charge in [-0.2, -0.15) is 0 Å². The molecule has 7 heteroatoms. The Hall–Kier alpha value is -1.31. The Bertz CT molecular complexity index is 652. The predicted molar refractivity (Wildman–Crippen MR) is 107 cm³/mol. The fourth-order valence-electron chi connectivity index (χ4n) is 4.90. The monoisotopic (exact) mass is 414 g/mol. The summed E-state index contributed by atoms with van der Waals surface area (Å²) in [5, 5.41) is 11.5. The predicted octanol–water partition coefficient (Wildman–Crippen LogP) is 4.39. The van der Waals surface area contributed by atoms with Crippen LogP contribution in [-0.2, 0) is 0 Å². The molecule has 1 saturated carbocycles. The van der Waals surface area contributed by atoms with E-state index in [4.69, 9.17) is 0 Å². The zero-order chi connectivity index (χ0) is 21.1. The smallest absolute Gasteiger partial charge is 0.406 e. The van der Waals surface area contributed by atoms with Crippen molar-refractivity contribution >= 4 is 0 Å². The van der Waals surface area contributed by atoms with Gasteiger partial charge >= 0.3 is 6.36 Å². The number of piperidine rings is 1. The van der Waals surface area contributed by atoms with E-state index in [1.54, 1.807) is 6.07 Å². The Balaban J connectivity index is 1.80.